The molecule has 0 aliphatic rings. The van der Waals surface area contributed by atoms with E-state index in [2.05, 4.69) is 71.3 Å². The van der Waals surface area contributed by atoms with Gasteiger partial charge in [0.25, 0.3) is 0 Å². The summed E-state index contributed by atoms with van der Waals surface area (Å²) in [4.78, 5) is 2.48. The molecule has 0 bridgehead atoms. The Labute approximate surface area is 120 Å². The molecule has 0 aromatic heterocycles. The third-order valence-electron chi connectivity index (χ3n) is 3.47. The van der Waals surface area contributed by atoms with Crippen LogP contribution < -0.4 is 5.32 Å². The van der Waals surface area contributed by atoms with Crippen LogP contribution in [-0.2, 0) is 6.42 Å². The molecule has 1 unspecified atom stereocenters. The fourth-order valence-corrected chi connectivity index (χ4v) is 2.62. The van der Waals surface area contributed by atoms with Gasteiger partial charge in [-0.2, -0.15) is 0 Å². The summed E-state index contributed by atoms with van der Waals surface area (Å²) in [5, 5.41) is 3.43. The Morgan fingerprint density at radius 1 is 1.28 bits per heavy atom. The Hall–Kier alpha value is -0.380. The largest absolute Gasteiger partial charge is 0.317 e. The lowest BCUT2D eigenvalue weighted by molar-refractivity contribution is 0.283. The van der Waals surface area contributed by atoms with Crippen LogP contribution in [0.3, 0.4) is 0 Å². The average Bonchev–Trinajstić information content (AvgIpc) is 2.38. The van der Waals surface area contributed by atoms with Crippen molar-refractivity contribution in [1.29, 1.82) is 0 Å². The van der Waals surface area contributed by atoms with Gasteiger partial charge in [-0.25, -0.2) is 0 Å². The van der Waals surface area contributed by atoms with Gasteiger partial charge >= 0.3 is 0 Å². The van der Waals surface area contributed by atoms with Gasteiger partial charge in [0.15, 0.2) is 0 Å². The van der Waals surface area contributed by atoms with E-state index in [4.69, 9.17) is 0 Å². The highest BCUT2D eigenvalue weighted by Crippen LogP contribution is 2.14. The van der Waals surface area contributed by atoms with Crippen molar-refractivity contribution >= 4 is 15.9 Å². The standard InChI is InChI=1S/C15H25BrN2/c1-4-18(5-2)10-9-15(17-3)12-13-7-6-8-14(16)11-13/h6-8,11,15,17H,4-5,9-10,12H2,1-3H3. The third-order valence-corrected chi connectivity index (χ3v) is 3.96. The molecule has 3 heteroatoms. The minimum atomic E-state index is 0.555. The Balaban J connectivity index is 2.46. The predicted molar refractivity (Wildman–Crippen MR) is 83.1 cm³/mol. The second kappa shape index (κ2) is 8.68. The maximum atomic E-state index is 3.53. The minimum absolute atomic E-state index is 0.555. The first kappa shape index (κ1) is 15.7. The molecule has 1 N–H and O–H groups in total. The summed E-state index contributed by atoms with van der Waals surface area (Å²) < 4.78 is 1.17. The minimum Gasteiger partial charge on any atom is -0.317 e. The van der Waals surface area contributed by atoms with Crippen molar-refractivity contribution in [2.75, 3.05) is 26.7 Å². The molecule has 0 heterocycles. The molecule has 1 aromatic rings. The molecule has 0 aliphatic heterocycles. The molecule has 0 radical (unpaired) electrons. The van der Waals surface area contributed by atoms with Gasteiger partial charge in [0.05, 0.1) is 0 Å². The molecule has 2 nitrogen and oxygen atoms in total. The Kier molecular flexibility index (Phi) is 7.56. The fraction of sp³-hybridized carbons (Fsp3) is 0.600. The molecule has 0 spiro atoms. The van der Waals surface area contributed by atoms with Crippen molar-refractivity contribution in [3.63, 3.8) is 0 Å². The maximum absolute atomic E-state index is 3.53. The van der Waals surface area contributed by atoms with Crippen LogP contribution in [0.1, 0.15) is 25.8 Å². The summed E-state index contributed by atoms with van der Waals surface area (Å²) in [7, 11) is 2.06. The summed E-state index contributed by atoms with van der Waals surface area (Å²) in [5.41, 5.74) is 1.39. The highest BCUT2D eigenvalue weighted by Gasteiger charge is 2.09. The predicted octanol–water partition coefficient (Wildman–Crippen LogP) is 3.31. The lowest BCUT2D eigenvalue weighted by Crippen LogP contribution is -2.33. The van der Waals surface area contributed by atoms with Crippen LogP contribution in [0.2, 0.25) is 0 Å². The zero-order valence-electron chi connectivity index (χ0n) is 11.7. The summed E-state index contributed by atoms with van der Waals surface area (Å²) >= 11 is 3.53. The van der Waals surface area contributed by atoms with Crippen LogP contribution in [-0.4, -0.2) is 37.6 Å². The van der Waals surface area contributed by atoms with Crippen molar-refractivity contribution in [3.05, 3.63) is 34.3 Å². The van der Waals surface area contributed by atoms with Crippen LogP contribution in [0.4, 0.5) is 0 Å². The fourth-order valence-electron chi connectivity index (χ4n) is 2.18. The molecule has 18 heavy (non-hydrogen) atoms. The van der Waals surface area contributed by atoms with Crippen molar-refractivity contribution in [3.8, 4) is 0 Å². The number of hydrogen-bond donors (Lipinski definition) is 1. The molecule has 102 valence electrons. The highest BCUT2D eigenvalue weighted by molar-refractivity contribution is 9.10. The van der Waals surface area contributed by atoms with E-state index in [-0.39, 0.29) is 0 Å². The smallest absolute Gasteiger partial charge is 0.0178 e. The maximum Gasteiger partial charge on any atom is 0.0178 e. The monoisotopic (exact) mass is 312 g/mol. The van der Waals surface area contributed by atoms with E-state index in [1.807, 2.05) is 0 Å². The number of hydrogen-bond acceptors (Lipinski definition) is 2. The van der Waals surface area contributed by atoms with Crippen LogP contribution in [0, 0.1) is 0 Å². The van der Waals surface area contributed by atoms with Crippen LogP contribution in [0.25, 0.3) is 0 Å². The molecule has 0 aliphatic carbocycles. The molecule has 0 saturated carbocycles. The van der Waals surface area contributed by atoms with Gasteiger partial charge in [-0.05, 0) is 57.2 Å². The topological polar surface area (TPSA) is 15.3 Å². The number of benzene rings is 1. The summed E-state index contributed by atoms with van der Waals surface area (Å²) in [5.74, 6) is 0. The number of rotatable bonds is 8. The van der Waals surface area contributed by atoms with E-state index >= 15 is 0 Å². The van der Waals surface area contributed by atoms with E-state index in [1.165, 1.54) is 23.0 Å². The molecule has 1 aromatic carbocycles. The average molecular weight is 313 g/mol. The number of halogens is 1. The van der Waals surface area contributed by atoms with Gasteiger partial charge < -0.3 is 10.2 Å². The first-order valence-electron chi connectivity index (χ1n) is 6.83. The van der Waals surface area contributed by atoms with E-state index in [9.17, 15) is 0 Å². The van der Waals surface area contributed by atoms with Gasteiger partial charge in [0.1, 0.15) is 0 Å². The molecule has 0 saturated heterocycles. The van der Waals surface area contributed by atoms with Crippen molar-refractivity contribution in [2.24, 2.45) is 0 Å². The Morgan fingerprint density at radius 3 is 2.56 bits per heavy atom. The van der Waals surface area contributed by atoms with Crippen molar-refractivity contribution < 1.29 is 0 Å². The summed E-state index contributed by atoms with van der Waals surface area (Å²) in [6.45, 7) is 7.92. The lowest BCUT2D eigenvalue weighted by atomic mass is 10.0. The SMILES string of the molecule is CCN(CC)CCC(Cc1cccc(Br)c1)NC. The van der Waals surface area contributed by atoms with E-state index in [0.29, 0.717) is 6.04 Å². The summed E-state index contributed by atoms with van der Waals surface area (Å²) in [6.07, 6.45) is 2.29. The number of nitrogens with zero attached hydrogens (tertiary/aromatic N) is 1. The van der Waals surface area contributed by atoms with Gasteiger partial charge in [-0.1, -0.05) is 41.9 Å². The van der Waals surface area contributed by atoms with Crippen LogP contribution in [0.15, 0.2) is 28.7 Å². The van der Waals surface area contributed by atoms with E-state index in [1.54, 1.807) is 0 Å². The van der Waals surface area contributed by atoms with E-state index < -0.39 is 0 Å². The quantitative estimate of drug-likeness (QED) is 0.792. The molecular weight excluding hydrogens is 288 g/mol. The third kappa shape index (κ3) is 5.51. The zero-order chi connectivity index (χ0) is 13.4. The van der Waals surface area contributed by atoms with Crippen molar-refractivity contribution in [2.45, 2.75) is 32.7 Å². The van der Waals surface area contributed by atoms with Crippen LogP contribution in [0.5, 0.6) is 0 Å². The van der Waals surface area contributed by atoms with Crippen molar-refractivity contribution in [1.82, 2.24) is 10.2 Å². The molecule has 1 rings (SSSR count). The normalized spacial score (nSPS) is 12.9. The summed E-state index contributed by atoms with van der Waals surface area (Å²) in [6, 6.07) is 9.15. The van der Waals surface area contributed by atoms with Gasteiger partial charge in [0, 0.05) is 10.5 Å². The highest BCUT2D eigenvalue weighted by atomic mass is 79.9. The van der Waals surface area contributed by atoms with Crippen LogP contribution >= 0.6 is 15.9 Å². The number of likely N-dealkylation sites (N-methyl/N-ethyl adjacent to an activating group) is 1. The lowest BCUT2D eigenvalue weighted by Gasteiger charge is -2.22. The number of nitrogens with one attached hydrogen (secondary N) is 1. The molecule has 0 fully saturated rings. The van der Waals surface area contributed by atoms with Gasteiger partial charge in [-0.3, -0.25) is 0 Å². The second-order valence-electron chi connectivity index (χ2n) is 4.64. The first-order chi connectivity index (χ1) is 8.69. The van der Waals surface area contributed by atoms with E-state index in [0.717, 1.165) is 19.5 Å². The first-order valence-corrected chi connectivity index (χ1v) is 7.62. The molecule has 1 atom stereocenters. The zero-order valence-corrected chi connectivity index (χ0v) is 13.3. The molecular formula is C15H25BrN2. The second-order valence-corrected chi connectivity index (χ2v) is 5.55. The van der Waals surface area contributed by atoms with Gasteiger partial charge in [0.2, 0.25) is 0 Å². The van der Waals surface area contributed by atoms with Gasteiger partial charge in [-0.15, -0.1) is 0 Å². The molecule has 0 amide bonds. The Morgan fingerprint density at radius 2 is 2.00 bits per heavy atom. The Bertz CT molecular complexity index is 337.